The first kappa shape index (κ1) is 14.9. The van der Waals surface area contributed by atoms with E-state index in [0.29, 0.717) is 0 Å². The second-order valence-corrected chi connectivity index (χ2v) is 5.45. The fourth-order valence-electron chi connectivity index (χ4n) is 2.55. The third kappa shape index (κ3) is 5.84. The van der Waals surface area contributed by atoms with Crippen LogP contribution in [0.15, 0.2) is 0 Å². The van der Waals surface area contributed by atoms with E-state index in [2.05, 4.69) is 36.3 Å². The van der Waals surface area contributed by atoms with Gasteiger partial charge in [-0.15, -0.1) is 0 Å². The van der Waals surface area contributed by atoms with E-state index < -0.39 is 0 Å². The van der Waals surface area contributed by atoms with Crippen molar-refractivity contribution >= 4 is 0 Å². The Kier molecular flexibility index (Phi) is 7.82. The molecule has 2 N–H and O–H groups in total. The molecule has 0 aromatic carbocycles. The van der Waals surface area contributed by atoms with Crippen molar-refractivity contribution in [3.8, 4) is 0 Å². The van der Waals surface area contributed by atoms with Crippen molar-refractivity contribution < 1.29 is 0 Å². The first-order valence-corrected chi connectivity index (χ1v) is 7.43. The highest BCUT2D eigenvalue weighted by Gasteiger charge is 2.22. The van der Waals surface area contributed by atoms with Gasteiger partial charge in [-0.1, -0.05) is 20.3 Å². The Morgan fingerprint density at radius 1 is 1.06 bits per heavy atom. The van der Waals surface area contributed by atoms with Gasteiger partial charge in [0.05, 0.1) is 0 Å². The van der Waals surface area contributed by atoms with E-state index in [9.17, 15) is 0 Å². The van der Waals surface area contributed by atoms with Gasteiger partial charge in [0.2, 0.25) is 0 Å². The minimum absolute atomic E-state index is 0.735. The van der Waals surface area contributed by atoms with Crippen LogP contribution in [0.4, 0.5) is 0 Å². The lowest BCUT2D eigenvalue weighted by Gasteiger charge is -2.37. The van der Waals surface area contributed by atoms with Gasteiger partial charge in [0.25, 0.3) is 0 Å². The molecule has 102 valence electrons. The van der Waals surface area contributed by atoms with E-state index in [1.165, 1.54) is 58.5 Å². The molecule has 0 radical (unpaired) electrons. The van der Waals surface area contributed by atoms with E-state index in [1.807, 2.05) is 0 Å². The Morgan fingerprint density at radius 3 is 2.29 bits per heavy atom. The Labute approximate surface area is 107 Å². The fraction of sp³-hybridized carbons (Fsp3) is 1.00. The average Bonchev–Trinajstić information content (AvgIpc) is 2.35. The van der Waals surface area contributed by atoms with Gasteiger partial charge in [-0.05, 0) is 38.8 Å². The molecule has 2 aliphatic rings. The molecule has 2 aliphatic heterocycles. The molecule has 3 heteroatoms. The molecule has 2 rings (SSSR count). The van der Waals surface area contributed by atoms with Crippen LogP contribution in [0, 0.1) is 5.92 Å². The van der Waals surface area contributed by atoms with Gasteiger partial charge in [-0.3, -0.25) is 4.90 Å². The molecule has 0 aromatic rings. The van der Waals surface area contributed by atoms with Crippen molar-refractivity contribution in [2.75, 3.05) is 39.3 Å². The van der Waals surface area contributed by atoms with Crippen LogP contribution in [0.3, 0.4) is 0 Å². The number of nitrogens with zero attached hydrogens (tertiary/aromatic N) is 1. The molecule has 0 aliphatic carbocycles. The number of nitrogens with one attached hydrogen (secondary N) is 2. The minimum Gasteiger partial charge on any atom is -0.317 e. The molecule has 1 atom stereocenters. The maximum absolute atomic E-state index is 3.45. The first-order chi connectivity index (χ1) is 8.27. The summed E-state index contributed by atoms with van der Waals surface area (Å²) in [5.41, 5.74) is 0. The number of piperazine rings is 1. The summed E-state index contributed by atoms with van der Waals surface area (Å²) in [6.07, 6.45) is 3.99. The molecule has 0 spiro atoms. The summed E-state index contributed by atoms with van der Waals surface area (Å²) in [7, 11) is 0. The van der Waals surface area contributed by atoms with Crippen molar-refractivity contribution in [3.63, 3.8) is 0 Å². The SMILES string of the molecule is CC1CNCCN1CC1CCNCC1.CCC. The lowest BCUT2D eigenvalue weighted by molar-refractivity contribution is 0.136. The van der Waals surface area contributed by atoms with E-state index >= 15 is 0 Å². The van der Waals surface area contributed by atoms with Gasteiger partial charge in [0.15, 0.2) is 0 Å². The number of piperidine rings is 1. The van der Waals surface area contributed by atoms with Gasteiger partial charge < -0.3 is 10.6 Å². The Balaban J connectivity index is 0.000000437. The van der Waals surface area contributed by atoms with E-state index in [0.717, 1.165) is 12.0 Å². The lowest BCUT2D eigenvalue weighted by atomic mass is 9.96. The maximum atomic E-state index is 3.45. The van der Waals surface area contributed by atoms with Crippen LogP contribution >= 0.6 is 0 Å². The molecule has 0 aromatic heterocycles. The average molecular weight is 241 g/mol. The maximum Gasteiger partial charge on any atom is 0.0193 e. The van der Waals surface area contributed by atoms with Gasteiger partial charge in [0, 0.05) is 32.2 Å². The standard InChI is InChI=1S/C11H23N3.C3H8/c1-10-8-13-6-7-14(10)9-11-2-4-12-5-3-11;1-3-2/h10-13H,2-9H2,1H3;3H2,1-2H3. The number of hydrogen-bond acceptors (Lipinski definition) is 3. The smallest absolute Gasteiger partial charge is 0.0193 e. The highest BCUT2D eigenvalue weighted by molar-refractivity contribution is 4.80. The summed E-state index contributed by atoms with van der Waals surface area (Å²) in [5.74, 6) is 0.941. The molecule has 1 unspecified atom stereocenters. The molecule has 2 saturated heterocycles. The van der Waals surface area contributed by atoms with E-state index in [-0.39, 0.29) is 0 Å². The van der Waals surface area contributed by atoms with Crippen LogP contribution in [-0.2, 0) is 0 Å². The summed E-state index contributed by atoms with van der Waals surface area (Å²) in [4.78, 5) is 2.66. The van der Waals surface area contributed by atoms with Gasteiger partial charge >= 0.3 is 0 Å². The Hall–Kier alpha value is -0.120. The third-order valence-electron chi connectivity index (χ3n) is 3.59. The van der Waals surface area contributed by atoms with Crippen molar-refractivity contribution in [2.45, 2.75) is 46.1 Å². The lowest BCUT2D eigenvalue weighted by Crippen LogP contribution is -2.51. The Morgan fingerprint density at radius 2 is 1.71 bits per heavy atom. The monoisotopic (exact) mass is 241 g/mol. The first-order valence-electron chi connectivity index (χ1n) is 7.43. The molecule has 0 bridgehead atoms. The zero-order valence-corrected chi connectivity index (χ0v) is 12.0. The van der Waals surface area contributed by atoms with Crippen LogP contribution < -0.4 is 10.6 Å². The van der Waals surface area contributed by atoms with Crippen molar-refractivity contribution in [2.24, 2.45) is 5.92 Å². The van der Waals surface area contributed by atoms with Gasteiger partial charge in [-0.2, -0.15) is 0 Å². The van der Waals surface area contributed by atoms with Crippen molar-refractivity contribution in [1.29, 1.82) is 0 Å². The second-order valence-electron chi connectivity index (χ2n) is 5.45. The topological polar surface area (TPSA) is 27.3 Å². The molecule has 0 saturated carbocycles. The fourth-order valence-corrected chi connectivity index (χ4v) is 2.55. The molecule has 2 heterocycles. The summed E-state index contributed by atoms with van der Waals surface area (Å²) in [6.45, 7) is 14.0. The molecule has 3 nitrogen and oxygen atoms in total. The second kappa shape index (κ2) is 8.90. The zero-order valence-electron chi connectivity index (χ0n) is 12.0. The van der Waals surface area contributed by atoms with Crippen LogP contribution in [0.5, 0.6) is 0 Å². The number of rotatable bonds is 2. The predicted octanol–water partition coefficient (Wildman–Crippen LogP) is 1.70. The normalized spacial score (nSPS) is 27.4. The van der Waals surface area contributed by atoms with Crippen LogP contribution in [0.25, 0.3) is 0 Å². The quantitative estimate of drug-likeness (QED) is 0.770. The molecule has 2 fully saturated rings. The summed E-state index contributed by atoms with van der Waals surface area (Å²) in [5, 5.41) is 6.88. The van der Waals surface area contributed by atoms with Crippen LogP contribution in [-0.4, -0.2) is 50.2 Å². The minimum atomic E-state index is 0.735. The molecule has 0 amide bonds. The molecule has 17 heavy (non-hydrogen) atoms. The summed E-state index contributed by atoms with van der Waals surface area (Å²) in [6, 6.07) is 0.735. The molecular formula is C14H31N3. The predicted molar refractivity (Wildman–Crippen MR) is 75.5 cm³/mol. The van der Waals surface area contributed by atoms with Crippen molar-refractivity contribution in [1.82, 2.24) is 15.5 Å². The molecular weight excluding hydrogens is 210 g/mol. The summed E-state index contributed by atoms with van der Waals surface area (Å²) < 4.78 is 0. The van der Waals surface area contributed by atoms with E-state index in [4.69, 9.17) is 0 Å². The Bertz CT molecular complexity index is 178. The highest BCUT2D eigenvalue weighted by atomic mass is 15.2. The van der Waals surface area contributed by atoms with E-state index in [1.54, 1.807) is 0 Å². The van der Waals surface area contributed by atoms with Crippen LogP contribution in [0.2, 0.25) is 0 Å². The third-order valence-corrected chi connectivity index (χ3v) is 3.59. The van der Waals surface area contributed by atoms with Gasteiger partial charge in [0.1, 0.15) is 0 Å². The zero-order chi connectivity index (χ0) is 12.5. The largest absolute Gasteiger partial charge is 0.317 e. The van der Waals surface area contributed by atoms with Crippen LogP contribution in [0.1, 0.15) is 40.0 Å². The summed E-state index contributed by atoms with van der Waals surface area (Å²) >= 11 is 0. The van der Waals surface area contributed by atoms with Crippen molar-refractivity contribution in [3.05, 3.63) is 0 Å². The van der Waals surface area contributed by atoms with Gasteiger partial charge in [-0.25, -0.2) is 0 Å². The highest BCUT2D eigenvalue weighted by Crippen LogP contribution is 2.15. The number of hydrogen-bond donors (Lipinski definition) is 2.